The Hall–Kier alpha value is -0.500. The van der Waals surface area contributed by atoms with Crippen molar-refractivity contribution >= 4 is 34.5 Å². The summed E-state index contributed by atoms with van der Waals surface area (Å²) in [5, 5.41) is 9.71. The Kier molecular flexibility index (Phi) is 5.33. The van der Waals surface area contributed by atoms with Crippen molar-refractivity contribution < 1.29 is 14.4 Å². The molecule has 88 valence electrons. The van der Waals surface area contributed by atoms with E-state index in [2.05, 4.69) is 0 Å². The number of hydrogen-bond donors (Lipinski definition) is 1. The number of ether oxygens (including phenoxy) is 1. The molecule has 0 bridgehead atoms. The van der Waals surface area contributed by atoms with Gasteiger partial charge in [-0.25, -0.2) is 0 Å². The van der Waals surface area contributed by atoms with Crippen LogP contribution in [-0.4, -0.2) is 11.7 Å². The minimum atomic E-state index is -1.49. The summed E-state index contributed by atoms with van der Waals surface area (Å²) in [6.07, 6.45) is 3.59. The largest absolute Gasteiger partial charge is 0.476 e. The highest BCUT2D eigenvalue weighted by Crippen LogP contribution is 2.55. The van der Waals surface area contributed by atoms with Gasteiger partial charge in [-0.2, -0.15) is 4.57 Å². The number of nitrogens with zero attached hydrogens (tertiary/aromatic N) is 1. The zero-order chi connectivity index (χ0) is 12.1. The highest BCUT2D eigenvalue weighted by atomic mass is 35.9. The van der Waals surface area contributed by atoms with E-state index in [1.165, 1.54) is 0 Å². The summed E-state index contributed by atoms with van der Waals surface area (Å²) in [4.78, 5) is 0. The lowest BCUT2D eigenvalue weighted by Crippen LogP contribution is -2.31. The number of aliphatic hydroxyl groups excluding tert-OH is 1. The van der Waals surface area contributed by atoms with Gasteiger partial charge in [-0.1, -0.05) is 22.5 Å². The van der Waals surface area contributed by atoms with Crippen LogP contribution in [0.25, 0.3) is 5.44 Å². The van der Waals surface area contributed by atoms with Gasteiger partial charge >= 0.3 is 11.4 Å². The first-order valence-corrected chi connectivity index (χ1v) is 7.87. The quantitative estimate of drug-likeness (QED) is 0.518. The van der Waals surface area contributed by atoms with Crippen LogP contribution in [-0.2, 0) is 4.74 Å². The van der Waals surface area contributed by atoms with Crippen molar-refractivity contribution in [2.45, 2.75) is 13.8 Å². The Morgan fingerprint density at radius 2 is 2.25 bits per heavy atom. The van der Waals surface area contributed by atoms with Crippen LogP contribution >= 0.6 is 29.1 Å². The summed E-state index contributed by atoms with van der Waals surface area (Å²) in [5.74, 6) is -0.228. The molecule has 3 nitrogen and oxygen atoms in total. The first-order valence-electron chi connectivity index (χ1n) is 4.72. The van der Waals surface area contributed by atoms with Crippen LogP contribution in [0.1, 0.15) is 12.5 Å². The van der Waals surface area contributed by atoms with Crippen LogP contribution in [0, 0.1) is 6.92 Å². The van der Waals surface area contributed by atoms with Crippen LogP contribution in [0.2, 0.25) is 0 Å². The predicted molar refractivity (Wildman–Crippen MR) is 67.5 cm³/mol. The van der Waals surface area contributed by atoms with E-state index in [9.17, 15) is 5.11 Å². The van der Waals surface area contributed by atoms with Gasteiger partial charge in [-0.05, 0) is 19.9 Å². The zero-order valence-electron chi connectivity index (χ0n) is 9.02. The maximum Gasteiger partial charge on any atom is 0.355 e. The molecule has 6 heteroatoms. The Balaban J connectivity index is 3.17. The van der Waals surface area contributed by atoms with Gasteiger partial charge in [0, 0.05) is 11.6 Å². The summed E-state index contributed by atoms with van der Waals surface area (Å²) in [6.45, 7) is 2.59. The van der Waals surface area contributed by atoms with Crippen LogP contribution in [0.15, 0.2) is 30.5 Å². The summed E-state index contributed by atoms with van der Waals surface area (Å²) >= 11 is 11.7. The molecule has 0 spiro atoms. The van der Waals surface area contributed by atoms with E-state index in [0.717, 1.165) is 5.56 Å². The minimum Gasteiger partial charge on any atom is -0.476 e. The van der Waals surface area contributed by atoms with E-state index in [0.29, 0.717) is 12.0 Å². The second-order valence-corrected chi connectivity index (χ2v) is 6.52. The standard InChI is InChI=1S/C10H12Cl2NO2P/c1-3-15-10(14)9(16(11)12)13-6-4-5-8(2)7-13/h4-7H,3H2,1-2H3/p+1/b10-9-. The average Bonchev–Trinajstić information content (AvgIpc) is 2.17. The van der Waals surface area contributed by atoms with E-state index in [4.69, 9.17) is 27.2 Å². The molecule has 0 aliphatic heterocycles. The lowest BCUT2D eigenvalue weighted by molar-refractivity contribution is -0.576. The number of rotatable bonds is 4. The van der Waals surface area contributed by atoms with Crippen molar-refractivity contribution in [3.8, 4) is 0 Å². The molecule has 0 amide bonds. The first kappa shape index (κ1) is 13.6. The average molecular weight is 281 g/mol. The Morgan fingerprint density at radius 1 is 1.56 bits per heavy atom. The molecule has 1 N–H and O–H groups in total. The molecule has 0 atom stereocenters. The fourth-order valence-electron chi connectivity index (χ4n) is 1.20. The Bertz CT molecular complexity index is 396. The van der Waals surface area contributed by atoms with Gasteiger partial charge in [0.15, 0.2) is 19.0 Å². The van der Waals surface area contributed by atoms with Crippen LogP contribution in [0.4, 0.5) is 0 Å². The van der Waals surface area contributed by atoms with Crippen molar-refractivity contribution in [2.24, 2.45) is 0 Å². The molecule has 1 aromatic rings. The summed E-state index contributed by atoms with van der Waals surface area (Å²) < 4.78 is 6.69. The normalized spacial score (nSPS) is 12.6. The summed E-state index contributed by atoms with van der Waals surface area (Å²) in [6, 6.07) is 3.79. The van der Waals surface area contributed by atoms with E-state index in [1.807, 2.05) is 25.3 Å². The second kappa shape index (κ2) is 6.29. The van der Waals surface area contributed by atoms with Crippen molar-refractivity contribution in [3.63, 3.8) is 0 Å². The molecule has 0 aromatic carbocycles. The second-order valence-electron chi connectivity index (χ2n) is 3.08. The molecule has 0 saturated carbocycles. The molecule has 0 fully saturated rings. The third-order valence-electron chi connectivity index (χ3n) is 1.83. The third kappa shape index (κ3) is 3.51. The molecule has 1 aromatic heterocycles. The molecule has 0 saturated heterocycles. The zero-order valence-corrected chi connectivity index (χ0v) is 11.4. The number of pyridine rings is 1. The van der Waals surface area contributed by atoms with Gasteiger partial charge in [0.1, 0.15) is 0 Å². The van der Waals surface area contributed by atoms with E-state index in [-0.39, 0.29) is 5.95 Å². The van der Waals surface area contributed by atoms with Gasteiger partial charge in [0.2, 0.25) is 0 Å². The molecule has 0 unspecified atom stereocenters. The monoisotopic (exact) mass is 280 g/mol. The molecule has 1 rings (SSSR count). The van der Waals surface area contributed by atoms with Gasteiger partial charge in [-0.3, -0.25) is 0 Å². The topological polar surface area (TPSA) is 33.3 Å². The lowest BCUT2D eigenvalue weighted by atomic mass is 10.3. The van der Waals surface area contributed by atoms with Gasteiger partial charge in [-0.15, -0.1) is 0 Å². The number of halogens is 2. The van der Waals surface area contributed by atoms with E-state index >= 15 is 0 Å². The van der Waals surface area contributed by atoms with Gasteiger partial charge in [0.05, 0.1) is 6.61 Å². The molecule has 16 heavy (non-hydrogen) atoms. The summed E-state index contributed by atoms with van der Waals surface area (Å²) in [7, 11) is 0. The van der Waals surface area contributed by atoms with E-state index in [1.54, 1.807) is 17.7 Å². The van der Waals surface area contributed by atoms with Crippen LogP contribution < -0.4 is 4.57 Å². The Morgan fingerprint density at radius 3 is 2.75 bits per heavy atom. The maximum atomic E-state index is 9.71. The predicted octanol–water partition coefficient (Wildman–Crippen LogP) is 3.75. The molecular formula is C10H13Cl2NO2P+. The molecular weight excluding hydrogens is 268 g/mol. The number of aryl methyl sites for hydroxylation is 1. The van der Waals surface area contributed by atoms with Crippen LogP contribution in [0.5, 0.6) is 0 Å². The van der Waals surface area contributed by atoms with Crippen molar-refractivity contribution in [2.75, 3.05) is 6.61 Å². The highest BCUT2D eigenvalue weighted by Gasteiger charge is 2.26. The molecule has 0 aliphatic rings. The molecule has 0 radical (unpaired) electrons. The van der Waals surface area contributed by atoms with E-state index < -0.39 is 6.63 Å². The third-order valence-corrected chi connectivity index (χ3v) is 3.53. The van der Waals surface area contributed by atoms with Gasteiger partial charge < -0.3 is 9.84 Å². The Labute approximate surface area is 106 Å². The minimum absolute atomic E-state index is 0.228. The number of aromatic nitrogens is 1. The summed E-state index contributed by atoms with van der Waals surface area (Å²) in [5.41, 5.74) is 1.42. The smallest absolute Gasteiger partial charge is 0.355 e. The maximum absolute atomic E-state index is 9.71. The lowest BCUT2D eigenvalue weighted by Gasteiger charge is -2.06. The van der Waals surface area contributed by atoms with Crippen LogP contribution in [0.3, 0.4) is 0 Å². The van der Waals surface area contributed by atoms with Crippen molar-refractivity contribution in [3.05, 3.63) is 36.0 Å². The SMILES string of the molecule is CCO/C(O)=C(/[n+]1cccc(C)c1)P(Cl)Cl. The van der Waals surface area contributed by atoms with Crippen molar-refractivity contribution in [1.29, 1.82) is 0 Å². The number of hydrogen-bond acceptors (Lipinski definition) is 2. The number of aliphatic hydroxyl groups is 1. The molecule has 1 heterocycles. The highest BCUT2D eigenvalue weighted by molar-refractivity contribution is 8.10. The first-order chi connectivity index (χ1) is 7.56. The molecule has 0 aliphatic carbocycles. The van der Waals surface area contributed by atoms with Gasteiger partial charge in [0.25, 0.3) is 0 Å². The fraction of sp³-hybridized carbons (Fsp3) is 0.300. The fourth-order valence-corrected chi connectivity index (χ4v) is 2.66. The van der Waals surface area contributed by atoms with Crippen molar-refractivity contribution in [1.82, 2.24) is 0 Å².